The molecule has 3 N–H and O–H groups in total. The van der Waals surface area contributed by atoms with Gasteiger partial charge in [-0.05, 0) is 26.0 Å². The Labute approximate surface area is 169 Å². The third-order valence-corrected chi connectivity index (χ3v) is 5.28. The van der Waals surface area contributed by atoms with Crippen molar-refractivity contribution in [3.8, 4) is 11.8 Å². The summed E-state index contributed by atoms with van der Waals surface area (Å²) in [4.78, 5) is 11.2. The number of hydrogen-bond donors (Lipinski definition) is 2. The Balaban J connectivity index is 1.79. The van der Waals surface area contributed by atoms with Gasteiger partial charge in [-0.3, -0.25) is 4.90 Å². The first-order chi connectivity index (χ1) is 13.4. The predicted octanol–water partition coefficient (Wildman–Crippen LogP) is 2.58. The first kappa shape index (κ1) is 20.2. The third-order valence-electron chi connectivity index (χ3n) is 4.73. The summed E-state index contributed by atoms with van der Waals surface area (Å²) in [5.74, 6) is 1.15. The van der Waals surface area contributed by atoms with E-state index in [0.717, 1.165) is 17.0 Å². The number of ether oxygens (including phenoxy) is 1. The fourth-order valence-corrected chi connectivity index (χ4v) is 3.41. The summed E-state index contributed by atoms with van der Waals surface area (Å²) in [5.41, 5.74) is 9.11. The molecule has 0 bridgehead atoms. The zero-order valence-corrected chi connectivity index (χ0v) is 16.8. The number of nitriles is 1. The lowest BCUT2D eigenvalue weighted by Gasteiger charge is -2.18. The Morgan fingerprint density at radius 3 is 2.71 bits per heavy atom. The molecule has 1 atom stereocenters. The van der Waals surface area contributed by atoms with Gasteiger partial charge < -0.3 is 15.9 Å². The first-order valence-electron chi connectivity index (χ1n) is 9.09. The summed E-state index contributed by atoms with van der Waals surface area (Å²) >= 11 is 6.18. The normalized spacial score (nSPS) is 17.0. The maximum absolute atomic E-state index is 9.13. The molecule has 1 aliphatic heterocycles. The molecule has 2 heterocycles. The zero-order chi connectivity index (χ0) is 20.3. The van der Waals surface area contributed by atoms with Gasteiger partial charge in [0.05, 0.1) is 34.0 Å². The van der Waals surface area contributed by atoms with Crippen LogP contribution < -0.4 is 10.5 Å². The third kappa shape index (κ3) is 4.30. The van der Waals surface area contributed by atoms with Crippen molar-refractivity contribution in [3.05, 3.63) is 51.6 Å². The predicted molar refractivity (Wildman–Crippen MR) is 108 cm³/mol. The SMILES string of the molecule is Cc1nc(C2CN(Cc3ccc(C#N)cc3OCCN)CC2=N)nc(C)c1Cl. The highest BCUT2D eigenvalue weighted by atomic mass is 35.5. The van der Waals surface area contributed by atoms with E-state index in [2.05, 4.69) is 20.9 Å². The number of benzene rings is 1. The molecule has 0 aliphatic carbocycles. The van der Waals surface area contributed by atoms with Crippen molar-refractivity contribution in [2.45, 2.75) is 26.3 Å². The molecular weight excluding hydrogens is 376 g/mol. The highest BCUT2D eigenvalue weighted by Gasteiger charge is 2.32. The Bertz CT molecular complexity index is 916. The van der Waals surface area contributed by atoms with Gasteiger partial charge in [0.2, 0.25) is 0 Å². The Morgan fingerprint density at radius 2 is 2.07 bits per heavy atom. The van der Waals surface area contributed by atoms with Gasteiger partial charge in [-0.25, -0.2) is 9.97 Å². The number of likely N-dealkylation sites (tertiary alicyclic amines) is 1. The van der Waals surface area contributed by atoms with Gasteiger partial charge >= 0.3 is 0 Å². The van der Waals surface area contributed by atoms with Crippen molar-refractivity contribution in [2.75, 3.05) is 26.2 Å². The van der Waals surface area contributed by atoms with Gasteiger partial charge in [-0.1, -0.05) is 17.7 Å². The molecule has 1 aromatic heterocycles. The Morgan fingerprint density at radius 1 is 1.36 bits per heavy atom. The van der Waals surface area contributed by atoms with Crippen LogP contribution in [0.5, 0.6) is 5.75 Å². The maximum atomic E-state index is 9.13. The van der Waals surface area contributed by atoms with E-state index in [9.17, 15) is 0 Å². The molecule has 1 saturated heterocycles. The van der Waals surface area contributed by atoms with Crippen LogP contribution in [0.25, 0.3) is 0 Å². The van der Waals surface area contributed by atoms with Crippen molar-refractivity contribution >= 4 is 17.3 Å². The molecule has 1 fully saturated rings. The standard InChI is InChI=1S/C20H23ClN6O/c1-12-19(21)13(2)26-20(25-12)16-10-27(11-17(16)24)9-15-4-3-14(8-23)7-18(15)28-6-5-22/h3-4,7,16,24H,5-6,9-11,22H2,1-2H3. The lowest BCUT2D eigenvalue weighted by Crippen LogP contribution is -2.21. The van der Waals surface area contributed by atoms with Crippen molar-refractivity contribution in [1.29, 1.82) is 10.7 Å². The number of aryl methyl sites for hydroxylation is 2. The Kier molecular flexibility index (Phi) is 6.25. The molecule has 1 aromatic carbocycles. The van der Waals surface area contributed by atoms with Crippen molar-refractivity contribution in [1.82, 2.24) is 14.9 Å². The molecule has 146 valence electrons. The van der Waals surface area contributed by atoms with Crippen molar-refractivity contribution in [2.24, 2.45) is 5.73 Å². The molecule has 8 heteroatoms. The largest absolute Gasteiger partial charge is 0.492 e. The van der Waals surface area contributed by atoms with E-state index in [1.165, 1.54) is 0 Å². The highest BCUT2D eigenvalue weighted by molar-refractivity contribution is 6.31. The van der Waals surface area contributed by atoms with Crippen LogP contribution >= 0.6 is 11.6 Å². The number of nitrogens with two attached hydrogens (primary N) is 1. The monoisotopic (exact) mass is 398 g/mol. The molecule has 0 saturated carbocycles. The summed E-state index contributed by atoms with van der Waals surface area (Å²) < 4.78 is 5.73. The lowest BCUT2D eigenvalue weighted by molar-refractivity contribution is 0.299. The fourth-order valence-electron chi connectivity index (χ4n) is 3.33. The molecule has 28 heavy (non-hydrogen) atoms. The van der Waals surface area contributed by atoms with Crippen LogP contribution in [-0.4, -0.2) is 46.8 Å². The number of nitrogens with zero attached hydrogens (tertiary/aromatic N) is 4. The second-order valence-corrected chi connectivity index (χ2v) is 7.26. The smallest absolute Gasteiger partial charge is 0.138 e. The number of hydrogen-bond acceptors (Lipinski definition) is 7. The van der Waals surface area contributed by atoms with Crippen molar-refractivity contribution < 1.29 is 4.74 Å². The van der Waals surface area contributed by atoms with Crippen LogP contribution in [0, 0.1) is 30.6 Å². The van der Waals surface area contributed by atoms with E-state index < -0.39 is 0 Å². The summed E-state index contributed by atoms with van der Waals surface area (Å²) in [6, 6.07) is 7.54. The van der Waals surface area contributed by atoms with Gasteiger partial charge in [0.15, 0.2) is 0 Å². The lowest BCUT2D eigenvalue weighted by atomic mass is 10.1. The van der Waals surface area contributed by atoms with E-state index in [1.54, 1.807) is 12.1 Å². The molecule has 3 rings (SSSR count). The topological polar surface area (TPSA) is 112 Å². The minimum Gasteiger partial charge on any atom is -0.492 e. The van der Waals surface area contributed by atoms with Crippen LogP contribution in [0.2, 0.25) is 5.02 Å². The van der Waals surface area contributed by atoms with Crippen LogP contribution in [-0.2, 0) is 6.54 Å². The molecule has 0 amide bonds. The molecular formula is C20H23ClN6O. The van der Waals surface area contributed by atoms with Gasteiger partial charge in [0.1, 0.15) is 18.2 Å². The highest BCUT2D eigenvalue weighted by Crippen LogP contribution is 2.28. The summed E-state index contributed by atoms with van der Waals surface area (Å²) in [6.07, 6.45) is 0. The second kappa shape index (κ2) is 8.65. The molecule has 2 aromatic rings. The average Bonchev–Trinajstić information content (AvgIpc) is 3.05. The van der Waals surface area contributed by atoms with Crippen LogP contribution in [0.15, 0.2) is 18.2 Å². The van der Waals surface area contributed by atoms with E-state index in [4.69, 9.17) is 32.7 Å². The second-order valence-electron chi connectivity index (χ2n) is 6.89. The average molecular weight is 399 g/mol. The number of rotatable bonds is 6. The minimum absolute atomic E-state index is 0.151. The summed E-state index contributed by atoms with van der Waals surface area (Å²) in [6.45, 7) is 6.29. The van der Waals surface area contributed by atoms with E-state index >= 15 is 0 Å². The molecule has 1 aliphatic rings. The molecule has 7 nitrogen and oxygen atoms in total. The fraction of sp³-hybridized carbons (Fsp3) is 0.400. The summed E-state index contributed by atoms with van der Waals surface area (Å²) in [7, 11) is 0. The Hall–Kier alpha value is -2.53. The van der Waals surface area contributed by atoms with Gasteiger partial charge in [-0.15, -0.1) is 0 Å². The van der Waals surface area contributed by atoms with E-state index in [1.807, 2.05) is 19.9 Å². The van der Waals surface area contributed by atoms with E-state index in [0.29, 0.717) is 60.7 Å². The van der Waals surface area contributed by atoms with E-state index in [-0.39, 0.29) is 5.92 Å². The van der Waals surface area contributed by atoms with Crippen molar-refractivity contribution in [3.63, 3.8) is 0 Å². The van der Waals surface area contributed by atoms with Crippen LogP contribution in [0.3, 0.4) is 0 Å². The van der Waals surface area contributed by atoms with Gasteiger partial charge in [-0.2, -0.15) is 5.26 Å². The zero-order valence-electron chi connectivity index (χ0n) is 16.0. The molecule has 0 radical (unpaired) electrons. The number of nitrogens with one attached hydrogen (secondary N) is 1. The van der Waals surface area contributed by atoms with Gasteiger partial charge in [0, 0.05) is 37.5 Å². The van der Waals surface area contributed by atoms with Crippen LogP contribution in [0.1, 0.15) is 34.3 Å². The van der Waals surface area contributed by atoms with Crippen LogP contribution in [0.4, 0.5) is 0 Å². The first-order valence-corrected chi connectivity index (χ1v) is 9.47. The number of halogens is 1. The summed E-state index contributed by atoms with van der Waals surface area (Å²) in [5, 5.41) is 18.1. The maximum Gasteiger partial charge on any atom is 0.138 e. The van der Waals surface area contributed by atoms with Gasteiger partial charge in [0.25, 0.3) is 0 Å². The number of aromatic nitrogens is 2. The molecule has 0 spiro atoms. The quantitative estimate of drug-likeness (QED) is 0.773. The minimum atomic E-state index is -0.151. The molecule has 1 unspecified atom stereocenters.